The van der Waals surface area contributed by atoms with E-state index >= 15 is 0 Å². The second-order valence-corrected chi connectivity index (χ2v) is 4.03. The molecule has 1 N–H and O–H groups in total. The molecule has 0 bridgehead atoms. The number of anilines is 2. The smallest absolute Gasteiger partial charge is 0.329 e. The minimum Gasteiger partial charge on any atom is -0.332 e. The topological polar surface area (TPSA) is 81.0 Å². The van der Waals surface area contributed by atoms with E-state index in [4.69, 9.17) is 11.6 Å². The molecule has 2 rings (SSSR count). The number of benzene rings is 1. The van der Waals surface area contributed by atoms with Crippen LogP contribution in [-0.2, 0) is 0 Å². The van der Waals surface area contributed by atoms with Crippen LogP contribution in [0.4, 0.5) is 21.6 Å². The van der Waals surface area contributed by atoms with Crippen molar-refractivity contribution >= 4 is 28.8 Å². The normalized spacial score (nSPS) is 10.3. The summed E-state index contributed by atoms with van der Waals surface area (Å²) >= 11 is 5.58. The molecular formula is C11H8ClFN4O2. The van der Waals surface area contributed by atoms with E-state index in [1.54, 1.807) is 19.1 Å². The van der Waals surface area contributed by atoms with Crippen molar-refractivity contribution in [1.29, 1.82) is 0 Å². The van der Waals surface area contributed by atoms with E-state index in [0.717, 1.165) is 6.20 Å². The van der Waals surface area contributed by atoms with Crippen molar-refractivity contribution in [3.8, 4) is 0 Å². The van der Waals surface area contributed by atoms with Crippen molar-refractivity contribution < 1.29 is 9.31 Å². The van der Waals surface area contributed by atoms with Crippen LogP contribution in [0.2, 0.25) is 5.28 Å². The van der Waals surface area contributed by atoms with E-state index in [-0.39, 0.29) is 22.5 Å². The van der Waals surface area contributed by atoms with Gasteiger partial charge >= 0.3 is 5.69 Å². The Labute approximate surface area is 112 Å². The number of nitro groups is 1. The fourth-order valence-corrected chi connectivity index (χ4v) is 1.58. The average molecular weight is 283 g/mol. The van der Waals surface area contributed by atoms with Gasteiger partial charge in [-0.2, -0.15) is 4.98 Å². The van der Waals surface area contributed by atoms with Gasteiger partial charge in [-0.25, -0.2) is 9.37 Å². The Morgan fingerprint density at radius 2 is 2.21 bits per heavy atom. The van der Waals surface area contributed by atoms with Gasteiger partial charge < -0.3 is 5.32 Å². The molecular weight excluding hydrogens is 275 g/mol. The van der Waals surface area contributed by atoms with Gasteiger partial charge in [0.15, 0.2) is 0 Å². The van der Waals surface area contributed by atoms with Crippen LogP contribution in [0.5, 0.6) is 0 Å². The van der Waals surface area contributed by atoms with Crippen LogP contribution in [0.3, 0.4) is 0 Å². The highest BCUT2D eigenvalue weighted by molar-refractivity contribution is 6.28. The van der Waals surface area contributed by atoms with E-state index < -0.39 is 10.7 Å². The van der Waals surface area contributed by atoms with Crippen LogP contribution in [0.25, 0.3) is 0 Å². The molecule has 6 nitrogen and oxygen atoms in total. The van der Waals surface area contributed by atoms with Crippen molar-refractivity contribution in [3.05, 3.63) is 51.2 Å². The van der Waals surface area contributed by atoms with E-state index in [9.17, 15) is 14.5 Å². The maximum atomic E-state index is 13.8. The number of hydrogen-bond acceptors (Lipinski definition) is 5. The molecule has 0 aliphatic rings. The average Bonchev–Trinajstić information content (AvgIpc) is 2.35. The van der Waals surface area contributed by atoms with Gasteiger partial charge in [-0.05, 0) is 30.2 Å². The Kier molecular flexibility index (Phi) is 3.57. The monoisotopic (exact) mass is 282 g/mol. The lowest BCUT2D eigenvalue weighted by atomic mass is 10.2. The molecule has 0 saturated carbocycles. The van der Waals surface area contributed by atoms with Gasteiger partial charge in [0.1, 0.15) is 12.0 Å². The number of nitrogens with one attached hydrogen (secondary N) is 1. The van der Waals surface area contributed by atoms with Crippen LogP contribution < -0.4 is 5.32 Å². The summed E-state index contributed by atoms with van der Waals surface area (Å²) in [5.74, 6) is -0.666. The molecule has 0 fully saturated rings. The molecule has 8 heteroatoms. The minimum atomic E-state index is -0.674. The number of aryl methyl sites for hydroxylation is 1. The predicted octanol–water partition coefficient (Wildman–Crippen LogP) is 3.23. The lowest BCUT2D eigenvalue weighted by Gasteiger charge is -2.08. The van der Waals surface area contributed by atoms with Crippen LogP contribution >= 0.6 is 11.6 Å². The van der Waals surface area contributed by atoms with E-state index in [1.807, 2.05) is 0 Å². The first-order valence-electron chi connectivity index (χ1n) is 5.18. The Morgan fingerprint density at radius 1 is 1.47 bits per heavy atom. The zero-order chi connectivity index (χ0) is 14.0. The summed E-state index contributed by atoms with van der Waals surface area (Å²) in [5.41, 5.74) is 0.107. The molecule has 0 atom stereocenters. The van der Waals surface area contributed by atoms with Crippen molar-refractivity contribution in [2.24, 2.45) is 0 Å². The predicted molar refractivity (Wildman–Crippen MR) is 68.1 cm³/mol. The van der Waals surface area contributed by atoms with Crippen LogP contribution in [0, 0.1) is 22.9 Å². The summed E-state index contributed by atoms with van der Waals surface area (Å²) in [7, 11) is 0. The third-order valence-electron chi connectivity index (χ3n) is 2.38. The largest absolute Gasteiger partial charge is 0.332 e. The third kappa shape index (κ3) is 2.76. The fourth-order valence-electron chi connectivity index (χ4n) is 1.45. The second kappa shape index (κ2) is 5.15. The molecule has 0 spiro atoms. The molecule has 2 aromatic rings. The Bertz CT molecular complexity index is 651. The molecule has 19 heavy (non-hydrogen) atoms. The van der Waals surface area contributed by atoms with Gasteiger partial charge in [0.05, 0.1) is 10.6 Å². The highest BCUT2D eigenvalue weighted by Gasteiger charge is 2.18. The number of nitrogens with zero attached hydrogens (tertiary/aromatic N) is 3. The third-order valence-corrected chi connectivity index (χ3v) is 2.56. The van der Waals surface area contributed by atoms with Crippen molar-refractivity contribution in [1.82, 2.24) is 9.97 Å². The van der Waals surface area contributed by atoms with Crippen molar-refractivity contribution in [2.45, 2.75) is 6.92 Å². The summed E-state index contributed by atoms with van der Waals surface area (Å²) in [6, 6.07) is 4.65. The number of rotatable bonds is 3. The van der Waals surface area contributed by atoms with Gasteiger partial charge in [0, 0.05) is 0 Å². The van der Waals surface area contributed by atoms with Gasteiger partial charge in [0.2, 0.25) is 11.1 Å². The van der Waals surface area contributed by atoms with E-state index in [0.29, 0.717) is 5.56 Å². The van der Waals surface area contributed by atoms with Crippen LogP contribution in [0.15, 0.2) is 24.4 Å². The van der Waals surface area contributed by atoms with Crippen LogP contribution in [-0.4, -0.2) is 14.9 Å². The highest BCUT2D eigenvalue weighted by Crippen LogP contribution is 2.27. The molecule has 1 heterocycles. The first-order chi connectivity index (χ1) is 8.99. The summed E-state index contributed by atoms with van der Waals surface area (Å²) in [5, 5.41) is 13.2. The maximum Gasteiger partial charge on any atom is 0.329 e. The lowest BCUT2D eigenvalue weighted by molar-refractivity contribution is -0.384. The second-order valence-electron chi connectivity index (χ2n) is 3.69. The summed E-state index contributed by atoms with van der Waals surface area (Å²) < 4.78 is 13.8. The van der Waals surface area contributed by atoms with Crippen molar-refractivity contribution in [2.75, 3.05) is 5.32 Å². The molecule has 0 unspecified atom stereocenters. The van der Waals surface area contributed by atoms with Crippen LogP contribution in [0.1, 0.15) is 5.56 Å². The van der Waals surface area contributed by atoms with E-state index in [1.165, 1.54) is 6.07 Å². The molecule has 0 aliphatic heterocycles. The molecule has 0 saturated heterocycles. The van der Waals surface area contributed by atoms with Gasteiger partial charge in [-0.1, -0.05) is 12.1 Å². The molecule has 0 amide bonds. The Hall–Kier alpha value is -2.28. The quantitative estimate of drug-likeness (QED) is 0.531. The standard InChI is InChI=1S/C11H8ClFN4O2/c1-6-3-2-4-7(9(6)13)15-10-8(17(18)19)5-14-11(12)16-10/h2-5H,1H3,(H,14,15,16). The Balaban J connectivity index is 2.45. The molecule has 0 aliphatic carbocycles. The maximum absolute atomic E-state index is 13.8. The first kappa shape index (κ1) is 13.2. The van der Waals surface area contributed by atoms with Crippen molar-refractivity contribution in [3.63, 3.8) is 0 Å². The summed E-state index contributed by atoms with van der Waals surface area (Å²) in [4.78, 5) is 17.4. The molecule has 0 radical (unpaired) electrons. The number of aromatic nitrogens is 2. The SMILES string of the molecule is Cc1cccc(Nc2nc(Cl)ncc2[N+](=O)[O-])c1F. The summed E-state index contributed by atoms with van der Waals surface area (Å²) in [6.45, 7) is 1.59. The van der Waals surface area contributed by atoms with Gasteiger partial charge in [0.25, 0.3) is 0 Å². The highest BCUT2D eigenvalue weighted by atomic mass is 35.5. The zero-order valence-electron chi connectivity index (χ0n) is 9.72. The molecule has 1 aromatic carbocycles. The van der Waals surface area contributed by atoms with Gasteiger partial charge in [-0.3, -0.25) is 10.1 Å². The molecule has 1 aromatic heterocycles. The molecule has 98 valence electrons. The zero-order valence-corrected chi connectivity index (χ0v) is 10.5. The number of halogens is 2. The van der Waals surface area contributed by atoms with Gasteiger partial charge in [-0.15, -0.1) is 0 Å². The number of hydrogen-bond donors (Lipinski definition) is 1. The van der Waals surface area contributed by atoms with E-state index in [2.05, 4.69) is 15.3 Å². The first-order valence-corrected chi connectivity index (χ1v) is 5.56. The summed E-state index contributed by atoms with van der Waals surface area (Å²) in [6.07, 6.45) is 0.964. The Morgan fingerprint density at radius 3 is 2.89 bits per heavy atom. The lowest BCUT2D eigenvalue weighted by Crippen LogP contribution is -2.03. The fraction of sp³-hybridized carbons (Fsp3) is 0.0909. The minimum absolute atomic E-state index is 0.0814.